The molecule has 1 heterocycles. The zero-order chi connectivity index (χ0) is 22.7. The van der Waals surface area contributed by atoms with E-state index in [1.807, 2.05) is 25.1 Å². The zero-order valence-electron chi connectivity index (χ0n) is 17.8. The van der Waals surface area contributed by atoms with E-state index < -0.39 is 0 Å². The Balaban J connectivity index is 1.52. The highest BCUT2D eigenvalue weighted by atomic mass is 79.9. The van der Waals surface area contributed by atoms with Gasteiger partial charge in [0.2, 0.25) is 0 Å². The molecule has 0 aromatic heterocycles. The SMILES string of the molecule is CCCCN1C(=O)c2cccc3c(NCCN=Cc4cc(Br)ccc4O)ccc(c23)C1=O. The van der Waals surface area contributed by atoms with Gasteiger partial charge >= 0.3 is 0 Å². The molecule has 3 aromatic rings. The molecule has 32 heavy (non-hydrogen) atoms. The van der Waals surface area contributed by atoms with Crippen LogP contribution in [-0.4, -0.2) is 47.7 Å². The topological polar surface area (TPSA) is 82.0 Å². The maximum atomic E-state index is 13.0. The molecule has 0 saturated heterocycles. The molecule has 7 heteroatoms. The average molecular weight is 494 g/mol. The van der Waals surface area contributed by atoms with Gasteiger partial charge < -0.3 is 10.4 Å². The van der Waals surface area contributed by atoms with Crippen LogP contribution in [0.15, 0.2) is 58.0 Å². The highest BCUT2D eigenvalue weighted by Crippen LogP contribution is 2.34. The molecule has 0 bridgehead atoms. The molecule has 3 aromatic carbocycles. The summed E-state index contributed by atoms with van der Waals surface area (Å²) in [7, 11) is 0. The Labute approximate surface area is 195 Å². The number of nitrogens with zero attached hydrogens (tertiary/aromatic N) is 2. The summed E-state index contributed by atoms with van der Waals surface area (Å²) in [6.07, 6.45) is 3.35. The largest absolute Gasteiger partial charge is 0.507 e. The Hall–Kier alpha value is -3.19. The van der Waals surface area contributed by atoms with E-state index in [-0.39, 0.29) is 17.6 Å². The summed E-state index contributed by atoms with van der Waals surface area (Å²) in [5.74, 6) is -0.273. The quantitative estimate of drug-likeness (QED) is 0.255. The molecule has 2 amide bonds. The van der Waals surface area contributed by atoms with E-state index >= 15 is 0 Å². The number of carbonyl (C=O) groups excluding carboxylic acids is 2. The maximum absolute atomic E-state index is 13.0. The van der Waals surface area contributed by atoms with Crippen LogP contribution < -0.4 is 5.32 Å². The summed E-state index contributed by atoms with van der Waals surface area (Å²) >= 11 is 3.38. The second-order valence-corrected chi connectivity index (χ2v) is 8.59. The third-order valence-corrected chi connectivity index (χ3v) is 6.00. The van der Waals surface area contributed by atoms with Crippen LogP contribution in [0.25, 0.3) is 10.8 Å². The number of carbonyl (C=O) groups is 2. The maximum Gasteiger partial charge on any atom is 0.261 e. The van der Waals surface area contributed by atoms with Crippen molar-refractivity contribution in [2.45, 2.75) is 19.8 Å². The molecule has 1 aliphatic rings. The number of nitrogens with one attached hydrogen (secondary N) is 1. The fourth-order valence-corrected chi connectivity index (χ4v) is 4.25. The molecule has 1 aliphatic heterocycles. The van der Waals surface area contributed by atoms with Crippen molar-refractivity contribution in [3.63, 3.8) is 0 Å². The van der Waals surface area contributed by atoms with Gasteiger partial charge in [0, 0.05) is 56.9 Å². The standard InChI is InChI=1S/C25H24BrN3O3/c1-2-3-13-29-24(31)19-6-4-5-18-21(9-8-20(23(18)19)25(29)32)28-12-11-27-15-16-14-17(26)7-10-22(16)30/h4-10,14-15,28,30H,2-3,11-13H2,1H3. The van der Waals surface area contributed by atoms with Crippen molar-refractivity contribution in [3.8, 4) is 5.75 Å². The van der Waals surface area contributed by atoms with Gasteiger partial charge in [-0.3, -0.25) is 19.5 Å². The fourth-order valence-electron chi connectivity index (χ4n) is 3.87. The average Bonchev–Trinajstić information content (AvgIpc) is 2.79. The number of benzene rings is 3. The highest BCUT2D eigenvalue weighted by Gasteiger charge is 2.32. The number of anilines is 1. The number of aliphatic imine (C=N–C) groups is 1. The summed E-state index contributed by atoms with van der Waals surface area (Å²) in [6.45, 7) is 3.54. The number of halogens is 1. The van der Waals surface area contributed by atoms with Crippen molar-refractivity contribution in [1.82, 2.24) is 4.90 Å². The molecule has 0 fully saturated rings. The van der Waals surface area contributed by atoms with Crippen LogP contribution in [0.1, 0.15) is 46.0 Å². The Morgan fingerprint density at radius 1 is 1.09 bits per heavy atom. The van der Waals surface area contributed by atoms with E-state index in [1.54, 1.807) is 36.5 Å². The van der Waals surface area contributed by atoms with Gasteiger partial charge in [0.1, 0.15) is 5.75 Å². The number of imide groups is 1. The van der Waals surface area contributed by atoms with Crippen LogP contribution in [0.2, 0.25) is 0 Å². The predicted molar refractivity (Wildman–Crippen MR) is 131 cm³/mol. The van der Waals surface area contributed by atoms with Gasteiger partial charge in [-0.25, -0.2) is 0 Å². The Morgan fingerprint density at radius 3 is 2.66 bits per heavy atom. The summed E-state index contributed by atoms with van der Waals surface area (Å²) in [5.41, 5.74) is 2.64. The van der Waals surface area contributed by atoms with E-state index in [1.165, 1.54) is 4.90 Å². The third kappa shape index (κ3) is 4.25. The number of rotatable bonds is 8. The lowest BCUT2D eigenvalue weighted by atomic mass is 9.93. The minimum Gasteiger partial charge on any atom is -0.507 e. The van der Waals surface area contributed by atoms with Gasteiger partial charge in [-0.1, -0.05) is 41.4 Å². The second kappa shape index (κ2) is 9.53. The first kappa shape index (κ1) is 22.0. The Morgan fingerprint density at radius 2 is 1.88 bits per heavy atom. The number of phenolic OH excluding ortho intramolecular Hbond substituents is 1. The summed E-state index contributed by atoms with van der Waals surface area (Å²) in [5, 5.41) is 14.8. The van der Waals surface area contributed by atoms with Crippen molar-refractivity contribution in [2.75, 3.05) is 25.0 Å². The normalized spacial score (nSPS) is 13.4. The van der Waals surface area contributed by atoms with Gasteiger partial charge in [0.05, 0.1) is 6.54 Å². The van der Waals surface area contributed by atoms with Crippen LogP contribution in [-0.2, 0) is 0 Å². The first-order valence-electron chi connectivity index (χ1n) is 10.7. The van der Waals surface area contributed by atoms with Gasteiger partial charge in [-0.15, -0.1) is 0 Å². The van der Waals surface area contributed by atoms with E-state index in [0.717, 1.165) is 28.4 Å². The number of hydrogen-bond donors (Lipinski definition) is 2. The van der Waals surface area contributed by atoms with Crippen LogP contribution in [0.4, 0.5) is 5.69 Å². The minimum absolute atomic E-state index is 0.177. The van der Waals surface area contributed by atoms with Crippen LogP contribution >= 0.6 is 15.9 Å². The number of hydrogen-bond acceptors (Lipinski definition) is 5. The molecule has 164 valence electrons. The molecule has 0 aliphatic carbocycles. The Kier molecular flexibility index (Phi) is 6.55. The molecule has 4 rings (SSSR count). The smallest absolute Gasteiger partial charge is 0.261 e. The first-order valence-corrected chi connectivity index (χ1v) is 11.4. The van der Waals surface area contributed by atoms with Crippen molar-refractivity contribution >= 4 is 50.4 Å². The van der Waals surface area contributed by atoms with Gasteiger partial charge in [0.25, 0.3) is 11.8 Å². The lowest BCUT2D eigenvalue weighted by Crippen LogP contribution is -2.40. The molecule has 0 radical (unpaired) electrons. The summed E-state index contributed by atoms with van der Waals surface area (Å²) in [6, 6.07) is 14.4. The fraction of sp³-hybridized carbons (Fsp3) is 0.240. The van der Waals surface area contributed by atoms with Gasteiger partial charge in [0.15, 0.2) is 0 Å². The van der Waals surface area contributed by atoms with Crippen molar-refractivity contribution in [2.24, 2.45) is 4.99 Å². The zero-order valence-corrected chi connectivity index (χ0v) is 19.4. The minimum atomic E-state index is -0.225. The molecule has 2 N–H and O–H groups in total. The molecule has 0 spiro atoms. The van der Waals surface area contributed by atoms with Gasteiger partial charge in [-0.2, -0.15) is 0 Å². The third-order valence-electron chi connectivity index (χ3n) is 5.50. The van der Waals surface area contributed by atoms with Crippen molar-refractivity contribution < 1.29 is 14.7 Å². The highest BCUT2D eigenvalue weighted by molar-refractivity contribution is 9.10. The molecule has 0 saturated carbocycles. The number of amides is 2. The molecular weight excluding hydrogens is 470 g/mol. The Bertz CT molecular complexity index is 1200. The monoisotopic (exact) mass is 493 g/mol. The number of unbranched alkanes of at least 4 members (excludes halogenated alkanes) is 1. The predicted octanol–water partition coefficient (Wildman–Crippen LogP) is 5.24. The number of aromatic hydroxyl groups is 1. The summed E-state index contributed by atoms with van der Waals surface area (Å²) < 4.78 is 0.871. The number of phenols is 1. The second-order valence-electron chi connectivity index (χ2n) is 7.67. The van der Waals surface area contributed by atoms with E-state index in [0.29, 0.717) is 41.7 Å². The van der Waals surface area contributed by atoms with E-state index in [4.69, 9.17) is 0 Å². The lowest BCUT2D eigenvalue weighted by Gasteiger charge is -2.27. The van der Waals surface area contributed by atoms with E-state index in [9.17, 15) is 14.7 Å². The van der Waals surface area contributed by atoms with Crippen molar-refractivity contribution in [1.29, 1.82) is 0 Å². The first-order chi connectivity index (χ1) is 15.5. The van der Waals surface area contributed by atoms with Gasteiger partial charge in [-0.05, 0) is 42.8 Å². The molecule has 0 unspecified atom stereocenters. The summed E-state index contributed by atoms with van der Waals surface area (Å²) in [4.78, 5) is 31.7. The van der Waals surface area contributed by atoms with Crippen LogP contribution in [0.5, 0.6) is 5.75 Å². The van der Waals surface area contributed by atoms with Crippen molar-refractivity contribution in [3.05, 3.63) is 69.7 Å². The molecule has 0 atom stereocenters. The van der Waals surface area contributed by atoms with Crippen LogP contribution in [0, 0.1) is 0 Å². The lowest BCUT2D eigenvalue weighted by molar-refractivity contribution is 0.0608. The molecular formula is C25H24BrN3O3. The molecule has 6 nitrogen and oxygen atoms in total. The van der Waals surface area contributed by atoms with E-state index in [2.05, 4.69) is 26.2 Å². The van der Waals surface area contributed by atoms with Crippen LogP contribution in [0.3, 0.4) is 0 Å².